The Bertz CT molecular complexity index is 1440. The van der Waals surface area contributed by atoms with Gasteiger partial charge in [-0.2, -0.15) is 4.31 Å². The maximum atomic E-state index is 13.2. The molecule has 0 aromatic heterocycles. The number of hydrogen-bond acceptors (Lipinski definition) is 5. The van der Waals surface area contributed by atoms with Gasteiger partial charge in [-0.15, -0.1) is 0 Å². The number of aryl methyl sites for hydroxylation is 1. The molecule has 0 unspecified atom stereocenters. The lowest BCUT2D eigenvalue weighted by Gasteiger charge is -2.25. The number of piperidine rings is 1. The van der Waals surface area contributed by atoms with Crippen LogP contribution >= 0.6 is 0 Å². The minimum absolute atomic E-state index is 0.173. The number of nitrogens with one attached hydrogen (secondary N) is 1. The summed E-state index contributed by atoms with van der Waals surface area (Å²) in [7, 11) is -1.88. The van der Waals surface area contributed by atoms with Gasteiger partial charge in [0.15, 0.2) is 5.75 Å². The molecule has 186 valence electrons. The normalized spacial score (nSPS) is 15.9. The molecule has 0 aliphatic carbocycles. The lowest BCUT2D eigenvalue weighted by Crippen LogP contribution is -2.35. The van der Waals surface area contributed by atoms with Crippen LogP contribution in [-0.4, -0.2) is 44.7 Å². The standard InChI is InChI=1S/C27H27N3O5S/c1-18-6-12-25-23(16-18)29(2)27(32)22-17-20(9-13-24(22)35-25)28-26(31)19-7-10-21(11-8-19)36(33,34)30-14-4-3-5-15-30/h6-13,16-17H,3-5,14-15H2,1-2H3,(H,28,31). The zero-order valence-electron chi connectivity index (χ0n) is 20.2. The number of carbonyl (C=O) groups excluding carboxylic acids is 2. The van der Waals surface area contributed by atoms with Gasteiger partial charge < -0.3 is 15.0 Å². The number of ether oxygens (including phenoxy) is 1. The molecule has 36 heavy (non-hydrogen) atoms. The van der Waals surface area contributed by atoms with Crippen LogP contribution in [0.25, 0.3) is 0 Å². The first kappa shape index (κ1) is 24.0. The van der Waals surface area contributed by atoms with Crippen molar-refractivity contribution < 1.29 is 22.7 Å². The zero-order valence-corrected chi connectivity index (χ0v) is 21.0. The van der Waals surface area contributed by atoms with Gasteiger partial charge in [-0.25, -0.2) is 8.42 Å². The highest BCUT2D eigenvalue weighted by Gasteiger charge is 2.27. The number of carbonyl (C=O) groups is 2. The van der Waals surface area contributed by atoms with Crippen molar-refractivity contribution in [2.45, 2.75) is 31.1 Å². The fourth-order valence-corrected chi connectivity index (χ4v) is 6.00. The van der Waals surface area contributed by atoms with Crippen LogP contribution in [0.4, 0.5) is 11.4 Å². The van der Waals surface area contributed by atoms with Crippen LogP contribution < -0.4 is 15.0 Å². The monoisotopic (exact) mass is 505 g/mol. The second-order valence-corrected chi connectivity index (χ2v) is 11.0. The Morgan fingerprint density at radius 3 is 2.33 bits per heavy atom. The van der Waals surface area contributed by atoms with E-state index in [9.17, 15) is 18.0 Å². The van der Waals surface area contributed by atoms with Gasteiger partial charge in [-0.3, -0.25) is 9.59 Å². The SMILES string of the molecule is Cc1ccc2c(c1)N(C)C(=O)c1cc(NC(=O)c3ccc(S(=O)(=O)N4CCCCC4)cc3)ccc1O2. The molecule has 9 heteroatoms. The average Bonchev–Trinajstić information content (AvgIpc) is 2.99. The first-order valence-electron chi connectivity index (χ1n) is 11.9. The van der Waals surface area contributed by atoms with Crippen molar-refractivity contribution in [3.8, 4) is 11.5 Å². The van der Waals surface area contributed by atoms with Crippen LogP contribution in [0.5, 0.6) is 11.5 Å². The molecule has 1 N–H and O–H groups in total. The molecular formula is C27H27N3O5S. The Morgan fingerprint density at radius 1 is 0.917 bits per heavy atom. The molecule has 0 bridgehead atoms. The predicted octanol–water partition coefficient (Wildman–Crippen LogP) is 4.80. The Morgan fingerprint density at radius 2 is 1.61 bits per heavy atom. The van der Waals surface area contributed by atoms with E-state index in [1.54, 1.807) is 25.2 Å². The van der Waals surface area contributed by atoms with Crippen LogP contribution in [0.15, 0.2) is 65.6 Å². The van der Waals surface area contributed by atoms with E-state index in [0.717, 1.165) is 24.8 Å². The number of fused-ring (bicyclic) bond motifs is 2. The molecule has 2 aliphatic rings. The average molecular weight is 506 g/mol. The zero-order chi connectivity index (χ0) is 25.4. The molecule has 2 aliphatic heterocycles. The third kappa shape index (κ3) is 4.47. The molecule has 3 aromatic carbocycles. The maximum Gasteiger partial charge on any atom is 0.261 e. The van der Waals surface area contributed by atoms with E-state index in [-0.39, 0.29) is 10.8 Å². The van der Waals surface area contributed by atoms with Crippen LogP contribution in [0.2, 0.25) is 0 Å². The number of sulfonamides is 1. The number of nitrogens with zero attached hydrogens (tertiary/aromatic N) is 2. The molecule has 0 spiro atoms. The van der Waals surface area contributed by atoms with E-state index < -0.39 is 15.9 Å². The molecule has 1 saturated heterocycles. The van der Waals surface area contributed by atoms with Crippen molar-refractivity contribution in [1.29, 1.82) is 0 Å². The lowest BCUT2D eigenvalue weighted by atomic mass is 10.1. The van der Waals surface area contributed by atoms with E-state index in [1.807, 2.05) is 25.1 Å². The highest BCUT2D eigenvalue weighted by Crippen LogP contribution is 2.39. The van der Waals surface area contributed by atoms with Gasteiger partial charge in [0, 0.05) is 31.4 Å². The largest absolute Gasteiger partial charge is 0.454 e. The molecule has 5 rings (SSSR count). The van der Waals surface area contributed by atoms with E-state index in [2.05, 4.69) is 5.32 Å². The molecule has 2 amide bonds. The van der Waals surface area contributed by atoms with Crippen molar-refractivity contribution in [2.75, 3.05) is 30.4 Å². The van der Waals surface area contributed by atoms with Gasteiger partial charge in [0.25, 0.3) is 11.8 Å². The van der Waals surface area contributed by atoms with Gasteiger partial charge in [0.2, 0.25) is 10.0 Å². The number of benzene rings is 3. The fraction of sp³-hybridized carbons (Fsp3) is 0.259. The number of rotatable bonds is 4. The first-order chi connectivity index (χ1) is 17.2. The second-order valence-electron chi connectivity index (χ2n) is 9.09. The topological polar surface area (TPSA) is 96.0 Å². The summed E-state index contributed by atoms with van der Waals surface area (Å²) < 4.78 is 33.2. The third-order valence-corrected chi connectivity index (χ3v) is 8.45. The van der Waals surface area contributed by atoms with E-state index in [4.69, 9.17) is 4.74 Å². The first-order valence-corrected chi connectivity index (χ1v) is 13.3. The fourth-order valence-electron chi connectivity index (χ4n) is 4.48. The molecule has 3 aromatic rings. The van der Waals surface area contributed by atoms with E-state index in [1.165, 1.54) is 33.5 Å². The van der Waals surface area contributed by atoms with Gasteiger partial charge in [-0.05, 0) is 79.9 Å². The van der Waals surface area contributed by atoms with E-state index >= 15 is 0 Å². The Kier molecular flexibility index (Phi) is 6.27. The van der Waals surface area contributed by atoms with Gasteiger partial charge >= 0.3 is 0 Å². The number of hydrogen-bond donors (Lipinski definition) is 1. The van der Waals surface area contributed by atoms with Crippen LogP contribution in [0, 0.1) is 6.92 Å². The summed E-state index contributed by atoms with van der Waals surface area (Å²) in [6.07, 6.45) is 2.75. The summed E-state index contributed by atoms with van der Waals surface area (Å²) in [5.41, 5.74) is 2.74. The summed E-state index contributed by atoms with van der Waals surface area (Å²) >= 11 is 0. The Labute approximate surface area is 210 Å². The van der Waals surface area contributed by atoms with Crippen molar-refractivity contribution >= 4 is 33.2 Å². The van der Waals surface area contributed by atoms with Crippen molar-refractivity contribution in [3.05, 3.63) is 77.4 Å². The molecule has 0 atom stereocenters. The van der Waals surface area contributed by atoms with Gasteiger partial charge in [0.1, 0.15) is 5.75 Å². The highest BCUT2D eigenvalue weighted by molar-refractivity contribution is 7.89. The molecule has 8 nitrogen and oxygen atoms in total. The lowest BCUT2D eigenvalue weighted by molar-refractivity contribution is 0.0990. The van der Waals surface area contributed by atoms with Crippen LogP contribution in [0.3, 0.4) is 0 Å². The minimum Gasteiger partial charge on any atom is -0.454 e. The van der Waals surface area contributed by atoms with Gasteiger partial charge in [0.05, 0.1) is 16.1 Å². The Hall–Kier alpha value is -3.69. The molecule has 0 radical (unpaired) electrons. The predicted molar refractivity (Wildman–Crippen MR) is 137 cm³/mol. The third-order valence-electron chi connectivity index (χ3n) is 6.54. The number of anilines is 2. The van der Waals surface area contributed by atoms with Crippen molar-refractivity contribution in [1.82, 2.24) is 4.31 Å². The van der Waals surface area contributed by atoms with E-state index in [0.29, 0.717) is 47.1 Å². The number of amides is 2. The van der Waals surface area contributed by atoms with Crippen LogP contribution in [0.1, 0.15) is 45.5 Å². The highest BCUT2D eigenvalue weighted by atomic mass is 32.2. The summed E-state index contributed by atoms with van der Waals surface area (Å²) in [6, 6.07) is 16.4. The van der Waals surface area contributed by atoms with Crippen molar-refractivity contribution in [2.24, 2.45) is 0 Å². The minimum atomic E-state index is -3.57. The summed E-state index contributed by atoms with van der Waals surface area (Å²) in [6.45, 7) is 2.98. The molecule has 1 fully saturated rings. The molecule has 2 heterocycles. The molecular weight excluding hydrogens is 478 g/mol. The summed E-state index contributed by atoms with van der Waals surface area (Å²) in [5, 5.41) is 2.79. The second kappa shape index (κ2) is 9.40. The summed E-state index contributed by atoms with van der Waals surface area (Å²) in [4.78, 5) is 27.7. The van der Waals surface area contributed by atoms with Crippen LogP contribution in [-0.2, 0) is 10.0 Å². The molecule has 0 saturated carbocycles. The summed E-state index contributed by atoms with van der Waals surface area (Å²) in [5.74, 6) is 0.315. The quantitative estimate of drug-likeness (QED) is 0.549. The maximum absolute atomic E-state index is 13.2. The van der Waals surface area contributed by atoms with Crippen molar-refractivity contribution in [3.63, 3.8) is 0 Å². The Balaban J connectivity index is 1.34. The van der Waals surface area contributed by atoms with Gasteiger partial charge in [-0.1, -0.05) is 12.5 Å². The smallest absolute Gasteiger partial charge is 0.261 e.